The Kier molecular flexibility index (Phi) is 3.67. The standard InChI is InChI=1S/C14H13BrN2O/c1-9-7-11(15)13(8-12(9)16)17-14(18)10-5-3-2-4-6-10/h2-8H,16H2,1H3,(H,17,18). The van der Waals surface area contributed by atoms with Gasteiger partial charge in [0.15, 0.2) is 0 Å². The molecule has 3 nitrogen and oxygen atoms in total. The lowest BCUT2D eigenvalue weighted by atomic mass is 10.1. The summed E-state index contributed by atoms with van der Waals surface area (Å²) in [4.78, 5) is 12.0. The number of aryl methyl sites for hydroxylation is 1. The number of nitrogens with two attached hydrogens (primary N) is 1. The van der Waals surface area contributed by atoms with Crippen molar-refractivity contribution in [3.63, 3.8) is 0 Å². The fourth-order valence-electron chi connectivity index (χ4n) is 1.57. The van der Waals surface area contributed by atoms with Gasteiger partial charge in [0.05, 0.1) is 5.69 Å². The van der Waals surface area contributed by atoms with Gasteiger partial charge in [-0.25, -0.2) is 0 Å². The summed E-state index contributed by atoms with van der Waals surface area (Å²) in [5, 5.41) is 2.83. The Hall–Kier alpha value is -1.81. The monoisotopic (exact) mass is 304 g/mol. The van der Waals surface area contributed by atoms with Gasteiger partial charge in [0, 0.05) is 15.7 Å². The van der Waals surface area contributed by atoms with E-state index in [2.05, 4.69) is 21.2 Å². The van der Waals surface area contributed by atoms with E-state index in [1.165, 1.54) is 0 Å². The zero-order chi connectivity index (χ0) is 13.1. The molecule has 0 bridgehead atoms. The molecule has 0 saturated heterocycles. The van der Waals surface area contributed by atoms with Crippen LogP contribution in [0.2, 0.25) is 0 Å². The first kappa shape index (κ1) is 12.6. The van der Waals surface area contributed by atoms with Gasteiger partial charge in [0.1, 0.15) is 0 Å². The van der Waals surface area contributed by atoms with Crippen molar-refractivity contribution in [2.45, 2.75) is 6.92 Å². The van der Waals surface area contributed by atoms with E-state index in [9.17, 15) is 4.79 Å². The van der Waals surface area contributed by atoms with E-state index >= 15 is 0 Å². The van der Waals surface area contributed by atoms with Crippen LogP contribution in [-0.4, -0.2) is 5.91 Å². The summed E-state index contributed by atoms with van der Waals surface area (Å²) in [5.41, 5.74) is 8.75. The van der Waals surface area contributed by atoms with Crippen LogP contribution in [0.5, 0.6) is 0 Å². The number of rotatable bonds is 2. The molecule has 0 aliphatic carbocycles. The minimum absolute atomic E-state index is 0.153. The largest absolute Gasteiger partial charge is 0.398 e. The lowest BCUT2D eigenvalue weighted by molar-refractivity contribution is 0.102. The number of benzene rings is 2. The second-order valence-electron chi connectivity index (χ2n) is 4.01. The molecular formula is C14H13BrN2O. The minimum atomic E-state index is -0.153. The van der Waals surface area contributed by atoms with Crippen LogP contribution < -0.4 is 11.1 Å². The molecule has 2 aromatic carbocycles. The summed E-state index contributed by atoms with van der Waals surface area (Å²) < 4.78 is 0.818. The summed E-state index contributed by atoms with van der Waals surface area (Å²) in [6, 6.07) is 12.7. The van der Waals surface area contributed by atoms with E-state index in [0.29, 0.717) is 16.9 Å². The molecule has 0 unspecified atom stereocenters. The van der Waals surface area contributed by atoms with Crippen molar-refractivity contribution in [1.29, 1.82) is 0 Å². The van der Waals surface area contributed by atoms with Gasteiger partial charge in [0.25, 0.3) is 5.91 Å². The maximum atomic E-state index is 12.0. The molecule has 0 spiro atoms. The van der Waals surface area contributed by atoms with Gasteiger partial charge in [-0.2, -0.15) is 0 Å². The van der Waals surface area contributed by atoms with E-state index < -0.39 is 0 Å². The molecule has 1 amide bonds. The molecule has 0 saturated carbocycles. The number of carbonyl (C=O) groups is 1. The average Bonchev–Trinajstić information content (AvgIpc) is 2.37. The summed E-state index contributed by atoms with van der Waals surface area (Å²) in [5.74, 6) is -0.153. The Morgan fingerprint density at radius 1 is 1.22 bits per heavy atom. The average molecular weight is 305 g/mol. The Balaban J connectivity index is 2.25. The highest BCUT2D eigenvalue weighted by Gasteiger charge is 2.09. The summed E-state index contributed by atoms with van der Waals surface area (Å²) in [6.07, 6.45) is 0. The van der Waals surface area contributed by atoms with E-state index in [1.807, 2.05) is 31.2 Å². The molecule has 0 aliphatic heterocycles. The molecule has 3 N–H and O–H groups in total. The SMILES string of the molecule is Cc1cc(Br)c(NC(=O)c2ccccc2)cc1N. The number of nitrogens with one attached hydrogen (secondary N) is 1. The Labute approximate surface area is 114 Å². The Morgan fingerprint density at radius 2 is 1.89 bits per heavy atom. The molecule has 0 heterocycles. The Bertz CT molecular complexity index is 582. The number of hydrogen-bond acceptors (Lipinski definition) is 2. The maximum absolute atomic E-state index is 12.0. The third-order valence-electron chi connectivity index (χ3n) is 2.64. The highest BCUT2D eigenvalue weighted by molar-refractivity contribution is 9.10. The van der Waals surface area contributed by atoms with Crippen LogP contribution in [0.3, 0.4) is 0 Å². The maximum Gasteiger partial charge on any atom is 0.255 e. The molecule has 0 radical (unpaired) electrons. The third-order valence-corrected chi connectivity index (χ3v) is 3.30. The minimum Gasteiger partial charge on any atom is -0.398 e. The number of anilines is 2. The molecule has 2 aromatic rings. The number of nitrogen functional groups attached to an aromatic ring is 1. The highest BCUT2D eigenvalue weighted by atomic mass is 79.9. The van der Waals surface area contributed by atoms with Crippen LogP contribution >= 0.6 is 15.9 Å². The van der Waals surface area contributed by atoms with E-state index in [4.69, 9.17) is 5.73 Å². The van der Waals surface area contributed by atoms with Crippen molar-refractivity contribution in [3.8, 4) is 0 Å². The molecular weight excluding hydrogens is 292 g/mol. The molecule has 0 aliphatic rings. The van der Waals surface area contributed by atoms with Crippen LogP contribution in [-0.2, 0) is 0 Å². The first-order valence-corrected chi connectivity index (χ1v) is 6.29. The van der Waals surface area contributed by atoms with Crippen molar-refractivity contribution in [1.82, 2.24) is 0 Å². The molecule has 0 aromatic heterocycles. The fourth-order valence-corrected chi connectivity index (χ4v) is 2.13. The van der Waals surface area contributed by atoms with Crippen LogP contribution in [0, 0.1) is 6.92 Å². The molecule has 2 rings (SSSR count). The lowest BCUT2D eigenvalue weighted by Gasteiger charge is -2.10. The van der Waals surface area contributed by atoms with E-state index in [1.54, 1.807) is 18.2 Å². The van der Waals surface area contributed by atoms with Gasteiger partial charge in [-0.3, -0.25) is 4.79 Å². The Morgan fingerprint density at radius 3 is 2.56 bits per heavy atom. The summed E-state index contributed by atoms with van der Waals surface area (Å²) in [7, 11) is 0. The molecule has 0 atom stereocenters. The van der Waals surface area contributed by atoms with Gasteiger partial charge in [-0.05, 0) is 52.7 Å². The number of carbonyl (C=O) groups excluding carboxylic acids is 1. The lowest BCUT2D eigenvalue weighted by Crippen LogP contribution is -2.12. The van der Waals surface area contributed by atoms with Gasteiger partial charge < -0.3 is 11.1 Å². The first-order valence-electron chi connectivity index (χ1n) is 5.50. The van der Waals surface area contributed by atoms with Gasteiger partial charge in [-0.15, -0.1) is 0 Å². The smallest absolute Gasteiger partial charge is 0.255 e. The fraction of sp³-hybridized carbons (Fsp3) is 0.0714. The predicted molar refractivity (Wildman–Crippen MR) is 77.7 cm³/mol. The van der Waals surface area contributed by atoms with Crippen LogP contribution in [0.4, 0.5) is 11.4 Å². The second kappa shape index (κ2) is 5.23. The normalized spacial score (nSPS) is 10.1. The molecule has 0 fully saturated rings. The van der Waals surface area contributed by atoms with Crippen LogP contribution in [0.25, 0.3) is 0 Å². The van der Waals surface area contributed by atoms with Crippen molar-refractivity contribution >= 4 is 33.2 Å². The topological polar surface area (TPSA) is 55.1 Å². The number of halogens is 1. The zero-order valence-electron chi connectivity index (χ0n) is 9.91. The number of amides is 1. The highest BCUT2D eigenvalue weighted by Crippen LogP contribution is 2.28. The third kappa shape index (κ3) is 2.71. The second-order valence-corrected chi connectivity index (χ2v) is 4.86. The summed E-state index contributed by atoms with van der Waals surface area (Å²) in [6.45, 7) is 1.92. The molecule has 4 heteroatoms. The predicted octanol–water partition coefficient (Wildman–Crippen LogP) is 3.59. The van der Waals surface area contributed by atoms with Crippen molar-refractivity contribution < 1.29 is 4.79 Å². The van der Waals surface area contributed by atoms with Gasteiger partial charge >= 0.3 is 0 Å². The first-order chi connectivity index (χ1) is 8.58. The van der Waals surface area contributed by atoms with Crippen LogP contribution in [0.1, 0.15) is 15.9 Å². The van der Waals surface area contributed by atoms with E-state index in [0.717, 1.165) is 10.0 Å². The van der Waals surface area contributed by atoms with Crippen molar-refractivity contribution in [2.75, 3.05) is 11.1 Å². The zero-order valence-corrected chi connectivity index (χ0v) is 11.5. The summed E-state index contributed by atoms with van der Waals surface area (Å²) >= 11 is 3.41. The van der Waals surface area contributed by atoms with Gasteiger partial charge in [-0.1, -0.05) is 18.2 Å². The van der Waals surface area contributed by atoms with Gasteiger partial charge in [0.2, 0.25) is 0 Å². The van der Waals surface area contributed by atoms with Crippen molar-refractivity contribution in [2.24, 2.45) is 0 Å². The number of hydrogen-bond donors (Lipinski definition) is 2. The molecule has 92 valence electrons. The van der Waals surface area contributed by atoms with Crippen LogP contribution in [0.15, 0.2) is 46.9 Å². The quantitative estimate of drug-likeness (QED) is 0.833. The van der Waals surface area contributed by atoms with E-state index in [-0.39, 0.29) is 5.91 Å². The molecule has 18 heavy (non-hydrogen) atoms. The van der Waals surface area contributed by atoms with Crippen molar-refractivity contribution in [3.05, 3.63) is 58.1 Å².